The van der Waals surface area contributed by atoms with Crippen molar-refractivity contribution in [3.63, 3.8) is 0 Å². The number of hydrogen-bond donors (Lipinski definition) is 2. The number of aliphatic imine (C=N–C) groups is 1. The van der Waals surface area contributed by atoms with Gasteiger partial charge < -0.3 is 25.3 Å². The summed E-state index contributed by atoms with van der Waals surface area (Å²) in [6.07, 6.45) is 3.31. The van der Waals surface area contributed by atoms with Gasteiger partial charge in [-0.25, -0.2) is 14.4 Å². The number of nitrogens with two attached hydrogens (primary N) is 1. The molecule has 0 fully saturated rings. The molecule has 1 aromatic carbocycles. The molecule has 2 heterocycles. The lowest BCUT2D eigenvalue weighted by atomic mass is 9.89. The Morgan fingerprint density at radius 1 is 1.25 bits per heavy atom. The molecule has 1 aliphatic rings. The first-order valence-electron chi connectivity index (χ1n) is 10.0. The summed E-state index contributed by atoms with van der Waals surface area (Å²) in [6, 6.07) is 4.37. The Balaban J connectivity index is 1.60. The lowest BCUT2D eigenvalue weighted by Gasteiger charge is -2.30. The molecule has 3 rings (SSSR count). The van der Waals surface area contributed by atoms with Gasteiger partial charge in [0, 0.05) is 24.1 Å². The molecule has 1 amide bonds. The smallest absolute Gasteiger partial charge is 0.275 e. The molecule has 2 aromatic rings. The van der Waals surface area contributed by atoms with E-state index >= 15 is 0 Å². The van der Waals surface area contributed by atoms with E-state index in [9.17, 15) is 9.18 Å². The number of hydrogen-bond acceptors (Lipinski definition) is 9. The van der Waals surface area contributed by atoms with Gasteiger partial charge in [0.15, 0.2) is 5.17 Å². The summed E-state index contributed by atoms with van der Waals surface area (Å²) in [5.41, 5.74) is 5.96. The Kier molecular flexibility index (Phi) is 8.37. The summed E-state index contributed by atoms with van der Waals surface area (Å²) in [6.45, 7) is 3.50. The summed E-state index contributed by atoms with van der Waals surface area (Å²) in [7, 11) is 1.60. The van der Waals surface area contributed by atoms with Gasteiger partial charge in [0.25, 0.3) is 5.91 Å². The minimum absolute atomic E-state index is 0.0992. The number of carbonyl (C=O) groups excluding carboxylic acids is 1. The summed E-state index contributed by atoms with van der Waals surface area (Å²) >= 11 is 1.44. The molecule has 1 atom stereocenters. The predicted molar refractivity (Wildman–Crippen MR) is 121 cm³/mol. The molecular weight excluding hydrogens is 437 g/mol. The van der Waals surface area contributed by atoms with Crippen molar-refractivity contribution in [2.24, 2.45) is 10.7 Å². The van der Waals surface area contributed by atoms with Crippen molar-refractivity contribution in [3.8, 4) is 5.88 Å². The molecule has 172 valence electrons. The van der Waals surface area contributed by atoms with E-state index in [4.69, 9.17) is 19.9 Å². The molecule has 0 saturated heterocycles. The van der Waals surface area contributed by atoms with E-state index in [2.05, 4.69) is 20.3 Å². The van der Waals surface area contributed by atoms with Crippen LogP contribution in [0.5, 0.6) is 5.88 Å². The lowest BCUT2D eigenvalue weighted by Crippen LogP contribution is -2.29. The number of amides is 1. The van der Waals surface area contributed by atoms with Gasteiger partial charge in [-0.1, -0.05) is 11.8 Å². The number of aromatic nitrogens is 2. The quantitative estimate of drug-likeness (QED) is 0.516. The predicted octanol–water partition coefficient (Wildman–Crippen LogP) is 2.58. The largest absolute Gasteiger partial charge is 0.474 e. The molecule has 0 bridgehead atoms. The van der Waals surface area contributed by atoms with E-state index in [1.54, 1.807) is 13.2 Å². The number of nitrogens with zero attached hydrogens (tertiary/aromatic N) is 3. The van der Waals surface area contributed by atoms with Crippen LogP contribution in [0.2, 0.25) is 0 Å². The van der Waals surface area contributed by atoms with Crippen LogP contribution in [0.4, 0.5) is 10.1 Å². The third-order valence-electron chi connectivity index (χ3n) is 4.77. The highest BCUT2D eigenvalue weighted by atomic mass is 32.2. The Hall–Kier alpha value is -2.76. The average Bonchev–Trinajstić information content (AvgIpc) is 2.77. The Morgan fingerprint density at radius 2 is 2.06 bits per heavy atom. The lowest BCUT2D eigenvalue weighted by molar-refractivity contribution is 0.0536. The van der Waals surface area contributed by atoms with Crippen LogP contribution in [-0.2, 0) is 15.0 Å². The average molecular weight is 464 g/mol. The second-order valence-corrected chi connectivity index (χ2v) is 8.28. The number of methoxy groups -OCH3 is 1. The summed E-state index contributed by atoms with van der Waals surface area (Å²) in [5, 5.41) is 3.14. The van der Waals surface area contributed by atoms with E-state index in [0.717, 1.165) is 5.75 Å². The van der Waals surface area contributed by atoms with Crippen LogP contribution in [0.25, 0.3) is 0 Å². The van der Waals surface area contributed by atoms with Gasteiger partial charge in [-0.15, -0.1) is 0 Å². The number of nitrogens with one attached hydrogen (secondary N) is 1. The fourth-order valence-electron chi connectivity index (χ4n) is 3.05. The third-order valence-corrected chi connectivity index (χ3v) is 5.57. The Labute approximate surface area is 190 Å². The van der Waals surface area contributed by atoms with Crippen molar-refractivity contribution in [2.75, 3.05) is 44.6 Å². The maximum Gasteiger partial charge on any atom is 0.275 e. The van der Waals surface area contributed by atoms with Gasteiger partial charge in [0.1, 0.15) is 18.1 Å². The zero-order chi connectivity index (χ0) is 23.0. The molecule has 1 aromatic heterocycles. The molecule has 0 unspecified atom stereocenters. The summed E-state index contributed by atoms with van der Waals surface area (Å²) in [5.74, 6) is 0.142. The molecule has 11 heteroatoms. The van der Waals surface area contributed by atoms with Gasteiger partial charge in [-0.3, -0.25) is 9.79 Å². The SMILES string of the molecule is COCCOCCOc1cnc(C(=O)Nc2ccc(F)c([C@]3(C)CCSC(N)=N3)c2)cn1. The van der Waals surface area contributed by atoms with E-state index < -0.39 is 17.3 Å². The molecule has 1 aliphatic heterocycles. The van der Waals surface area contributed by atoms with Crippen molar-refractivity contribution in [3.05, 3.63) is 47.7 Å². The number of anilines is 1. The second kappa shape index (κ2) is 11.2. The summed E-state index contributed by atoms with van der Waals surface area (Å²) in [4.78, 5) is 25.2. The Bertz CT molecular complexity index is 960. The van der Waals surface area contributed by atoms with Crippen molar-refractivity contribution in [1.82, 2.24) is 9.97 Å². The minimum Gasteiger partial charge on any atom is -0.474 e. The first kappa shape index (κ1) is 23.9. The first-order valence-corrected chi connectivity index (χ1v) is 11.0. The summed E-state index contributed by atoms with van der Waals surface area (Å²) < 4.78 is 30.1. The fourth-order valence-corrected chi connectivity index (χ4v) is 4.02. The number of thioether (sulfide) groups is 1. The maximum atomic E-state index is 14.5. The zero-order valence-corrected chi connectivity index (χ0v) is 18.8. The van der Waals surface area contributed by atoms with Crippen LogP contribution < -0.4 is 15.8 Å². The van der Waals surface area contributed by atoms with Crippen molar-refractivity contribution < 1.29 is 23.4 Å². The molecule has 0 aliphatic carbocycles. The highest BCUT2D eigenvalue weighted by molar-refractivity contribution is 8.13. The standard InChI is InChI=1S/C21H26FN5O4S/c1-21(5-10-32-20(23)27-21)15-11-14(3-4-16(15)22)26-19(28)17-12-25-18(13-24-17)31-9-8-30-7-6-29-2/h3-4,11-13H,5-10H2,1-2H3,(H2,23,27)(H,26,28)/t21-/m0/s1. The van der Waals surface area contributed by atoms with Crippen molar-refractivity contribution in [1.29, 1.82) is 0 Å². The number of ether oxygens (including phenoxy) is 3. The molecule has 3 N–H and O–H groups in total. The zero-order valence-electron chi connectivity index (χ0n) is 18.0. The fraction of sp³-hybridized carbons (Fsp3) is 0.429. The normalized spacial score (nSPS) is 18.2. The number of benzene rings is 1. The molecule has 0 radical (unpaired) electrons. The number of halogens is 1. The van der Waals surface area contributed by atoms with Gasteiger partial charge in [0.05, 0.1) is 37.8 Å². The van der Waals surface area contributed by atoms with Crippen LogP contribution in [-0.4, -0.2) is 60.3 Å². The monoisotopic (exact) mass is 463 g/mol. The van der Waals surface area contributed by atoms with Crippen LogP contribution in [0, 0.1) is 5.82 Å². The van der Waals surface area contributed by atoms with Crippen LogP contribution in [0.15, 0.2) is 35.6 Å². The van der Waals surface area contributed by atoms with Crippen molar-refractivity contribution in [2.45, 2.75) is 18.9 Å². The van der Waals surface area contributed by atoms with Crippen LogP contribution >= 0.6 is 11.8 Å². The van der Waals surface area contributed by atoms with E-state index in [1.807, 2.05) is 6.92 Å². The van der Waals surface area contributed by atoms with Gasteiger partial charge >= 0.3 is 0 Å². The van der Waals surface area contributed by atoms with Gasteiger partial charge in [-0.05, 0) is 31.5 Å². The molecule has 9 nitrogen and oxygen atoms in total. The minimum atomic E-state index is -0.785. The van der Waals surface area contributed by atoms with E-state index in [1.165, 1.54) is 36.3 Å². The van der Waals surface area contributed by atoms with Gasteiger partial charge in [0.2, 0.25) is 5.88 Å². The van der Waals surface area contributed by atoms with Crippen LogP contribution in [0.1, 0.15) is 29.4 Å². The number of amidine groups is 1. The van der Waals surface area contributed by atoms with Crippen LogP contribution in [0.3, 0.4) is 0 Å². The molecule has 32 heavy (non-hydrogen) atoms. The highest BCUT2D eigenvalue weighted by Crippen LogP contribution is 2.37. The first-order chi connectivity index (χ1) is 15.4. The molecular formula is C21H26FN5O4S. The highest BCUT2D eigenvalue weighted by Gasteiger charge is 2.32. The van der Waals surface area contributed by atoms with E-state index in [-0.39, 0.29) is 11.6 Å². The maximum absolute atomic E-state index is 14.5. The van der Waals surface area contributed by atoms with E-state index in [0.29, 0.717) is 49.3 Å². The van der Waals surface area contributed by atoms with Gasteiger partial charge in [-0.2, -0.15) is 0 Å². The molecule has 0 saturated carbocycles. The molecule has 0 spiro atoms. The Morgan fingerprint density at radius 3 is 2.78 bits per heavy atom. The topological polar surface area (TPSA) is 121 Å². The number of carbonyl (C=O) groups is 1. The second-order valence-electron chi connectivity index (χ2n) is 7.16. The number of rotatable bonds is 10. The third kappa shape index (κ3) is 6.38. The van der Waals surface area contributed by atoms with Crippen molar-refractivity contribution >= 4 is 28.5 Å².